The Kier molecular flexibility index (Phi) is 5.40. The van der Waals surface area contributed by atoms with E-state index in [4.69, 9.17) is 4.42 Å². The number of hydrogen-bond acceptors (Lipinski definition) is 8. The van der Waals surface area contributed by atoms with Crippen molar-refractivity contribution in [2.75, 3.05) is 11.1 Å². The third-order valence-corrected chi connectivity index (χ3v) is 5.00. The first-order chi connectivity index (χ1) is 14.5. The summed E-state index contributed by atoms with van der Waals surface area (Å²) in [4.78, 5) is 27.1. The van der Waals surface area contributed by atoms with Gasteiger partial charge in [-0.2, -0.15) is 0 Å². The second-order valence-electron chi connectivity index (χ2n) is 6.34. The zero-order valence-electron chi connectivity index (χ0n) is 15.7. The van der Waals surface area contributed by atoms with Crippen molar-refractivity contribution in [1.82, 2.24) is 15.2 Å². The lowest BCUT2D eigenvalue weighted by Crippen LogP contribution is -2.14. The van der Waals surface area contributed by atoms with Crippen LogP contribution in [0.1, 0.15) is 5.69 Å². The van der Waals surface area contributed by atoms with Crippen LogP contribution in [-0.4, -0.2) is 31.8 Å². The SMILES string of the molecule is Cc1cc(NC(=O)CSc2nnc(-c3ccc([N+](=O)[O-])cc3)o2)c2ccccc2n1. The Morgan fingerprint density at radius 2 is 1.93 bits per heavy atom. The molecule has 4 rings (SSSR count). The average molecular weight is 421 g/mol. The number of thioether (sulfide) groups is 1. The fraction of sp³-hybridized carbons (Fsp3) is 0.100. The molecule has 1 N–H and O–H groups in total. The van der Waals surface area contributed by atoms with Gasteiger partial charge in [-0.1, -0.05) is 30.0 Å². The van der Waals surface area contributed by atoms with Crippen molar-refractivity contribution in [2.45, 2.75) is 12.1 Å². The lowest BCUT2D eigenvalue weighted by Gasteiger charge is -2.09. The maximum atomic E-state index is 12.4. The van der Waals surface area contributed by atoms with E-state index in [2.05, 4.69) is 20.5 Å². The number of aromatic nitrogens is 3. The van der Waals surface area contributed by atoms with Crippen LogP contribution in [0.15, 0.2) is 64.2 Å². The molecule has 0 atom stereocenters. The largest absolute Gasteiger partial charge is 0.411 e. The van der Waals surface area contributed by atoms with Crippen molar-refractivity contribution in [1.29, 1.82) is 0 Å². The molecule has 0 unspecified atom stereocenters. The van der Waals surface area contributed by atoms with Gasteiger partial charge in [0, 0.05) is 28.8 Å². The molecular weight excluding hydrogens is 406 g/mol. The number of rotatable bonds is 6. The maximum absolute atomic E-state index is 12.4. The van der Waals surface area contributed by atoms with Crippen molar-refractivity contribution < 1.29 is 14.1 Å². The van der Waals surface area contributed by atoms with Crippen LogP contribution in [0, 0.1) is 17.0 Å². The highest BCUT2D eigenvalue weighted by Crippen LogP contribution is 2.26. The van der Waals surface area contributed by atoms with Crippen molar-refractivity contribution >= 4 is 39.9 Å². The van der Waals surface area contributed by atoms with Gasteiger partial charge in [-0.25, -0.2) is 0 Å². The van der Waals surface area contributed by atoms with Gasteiger partial charge in [-0.15, -0.1) is 10.2 Å². The third kappa shape index (κ3) is 4.28. The highest BCUT2D eigenvalue weighted by molar-refractivity contribution is 7.99. The summed E-state index contributed by atoms with van der Waals surface area (Å²) in [6.07, 6.45) is 0. The van der Waals surface area contributed by atoms with E-state index in [9.17, 15) is 14.9 Å². The van der Waals surface area contributed by atoms with Crippen molar-refractivity contribution in [3.63, 3.8) is 0 Å². The monoisotopic (exact) mass is 421 g/mol. The van der Waals surface area contributed by atoms with Gasteiger partial charge in [-0.3, -0.25) is 19.9 Å². The molecule has 2 heterocycles. The molecule has 150 valence electrons. The number of nitrogens with zero attached hydrogens (tertiary/aromatic N) is 4. The number of pyridine rings is 1. The minimum Gasteiger partial charge on any atom is -0.411 e. The van der Waals surface area contributed by atoms with Gasteiger partial charge in [0.25, 0.3) is 10.9 Å². The first-order valence-corrected chi connectivity index (χ1v) is 9.85. The van der Waals surface area contributed by atoms with Crippen LogP contribution in [-0.2, 0) is 4.79 Å². The molecule has 0 radical (unpaired) electrons. The number of para-hydroxylation sites is 1. The summed E-state index contributed by atoms with van der Waals surface area (Å²) in [5.74, 6) is 0.0896. The molecule has 1 amide bonds. The molecule has 9 nitrogen and oxygen atoms in total. The Morgan fingerprint density at radius 3 is 2.70 bits per heavy atom. The predicted molar refractivity (Wildman–Crippen MR) is 112 cm³/mol. The number of carbonyl (C=O) groups excluding carboxylic acids is 1. The Hall–Kier alpha value is -3.79. The standard InChI is InChI=1S/C20H15N5O4S/c1-12-10-17(15-4-2-3-5-16(15)21-12)22-18(26)11-30-20-24-23-19(29-20)13-6-8-14(9-7-13)25(27)28/h2-10H,11H2,1H3,(H,21,22,26). The summed E-state index contributed by atoms with van der Waals surface area (Å²) in [6.45, 7) is 1.87. The molecule has 0 aliphatic heterocycles. The molecule has 4 aromatic rings. The molecular formula is C20H15N5O4S. The van der Waals surface area contributed by atoms with Crippen molar-refractivity contribution in [2.24, 2.45) is 0 Å². The summed E-state index contributed by atoms with van der Waals surface area (Å²) < 4.78 is 5.54. The number of non-ortho nitro benzene ring substituents is 1. The summed E-state index contributed by atoms with van der Waals surface area (Å²) >= 11 is 1.10. The lowest BCUT2D eigenvalue weighted by molar-refractivity contribution is -0.384. The molecule has 0 aliphatic carbocycles. The quantitative estimate of drug-likeness (QED) is 0.279. The van der Waals surface area contributed by atoms with Gasteiger partial charge in [-0.05, 0) is 31.2 Å². The number of fused-ring (bicyclic) bond motifs is 1. The number of carbonyl (C=O) groups is 1. The van der Waals surface area contributed by atoms with Gasteiger partial charge in [0.2, 0.25) is 11.8 Å². The van der Waals surface area contributed by atoms with Crippen molar-refractivity contribution in [3.8, 4) is 11.5 Å². The summed E-state index contributed by atoms with van der Waals surface area (Å²) in [5.41, 5.74) is 2.85. The Balaban J connectivity index is 1.41. The first-order valence-electron chi connectivity index (χ1n) is 8.87. The van der Waals surface area contributed by atoms with Gasteiger partial charge in [0.1, 0.15) is 0 Å². The molecule has 0 saturated heterocycles. The molecule has 0 fully saturated rings. The lowest BCUT2D eigenvalue weighted by atomic mass is 10.1. The van der Waals surface area contributed by atoms with Crippen LogP contribution in [0.5, 0.6) is 0 Å². The second-order valence-corrected chi connectivity index (χ2v) is 7.27. The van der Waals surface area contributed by atoms with E-state index >= 15 is 0 Å². The Labute approximate surface area is 174 Å². The van der Waals surface area contributed by atoms with Crippen LogP contribution in [0.2, 0.25) is 0 Å². The average Bonchev–Trinajstić information content (AvgIpc) is 3.21. The van der Waals surface area contributed by atoms with E-state index in [0.29, 0.717) is 11.3 Å². The number of nitrogens with one attached hydrogen (secondary N) is 1. The molecule has 30 heavy (non-hydrogen) atoms. The van der Waals surface area contributed by atoms with E-state index in [1.165, 1.54) is 24.3 Å². The number of benzene rings is 2. The van der Waals surface area contributed by atoms with Gasteiger partial charge < -0.3 is 9.73 Å². The number of nitro groups is 1. The molecule has 2 aromatic heterocycles. The number of anilines is 1. The van der Waals surface area contributed by atoms with Crippen LogP contribution in [0.4, 0.5) is 11.4 Å². The van der Waals surface area contributed by atoms with Gasteiger partial charge >= 0.3 is 0 Å². The van der Waals surface area contributed by atoms with Crippen molar-refractivity contribution in [3.05, 3.63) is 70.4 Å². The molecule has 0 bridgehead atoms. The van der Waals surface area contributed by atoms with E-state index in [1.807, 2.05) is 37.3 Å². The molecule has 0 aliphatic rings. The fourth-order valence-electron chi connectivity index (χ4n) is 2.84. The molecule has 10 heteroatoms. The number of nitro benzene ring substituents is 1. The predicted octanol–water partition coefficient (Wildman–Crippen LogP) is 4.23. The van der Waals surface area contributed by atoms with Crippen LogP contribution >= 0.6 is 11.8 Å². The number of aryl methyl sites for hydroxylation is 1. The Morgan fingerprint density at radius 1 is 1.17 bits per heavy atom. The second kappa shape index (κ2) is 8.29. The fourth-order valence-corrected chi connectivity index (χ4v) is 3.40. The van der Waals surface area contributed by atoms with E-state index in [-0.39, 0.29) is 28.5 Å². The smallest absolute Gasteiger partial charge is 0.277 e. The molecule has 0 spiro atoms. The normalized spacial score (nSPS) is 10.8. The minimum absolute atomic E-state index is 0.0246. The van der Waals surface area contributed by atoms with Gasteiger partial charge in [0.15, 0.2) is 0 Å². The topological polar surface area (TPSA) is 124 Å². The third-order valence-electron chi connectivity index (χ3n) is 4.18. The van der Waals surface area contributed by atoms with E-state index in [1.54, 1.807) is 0 Å². The van der Waals surface area contributed by atoms with Crippen LogP contribution < -0.4 is 5.32 Å². The van der Waals surface area contributed by atoms with E-state index in [0.717, 1.165) is 28.4 Å². The molecule has 0 saturated carbocycles. The van der Waals surface area contributed by atoms with E-state index < -0.39 is 4.92 Å². The van der Waals surface area contributed by atoms with Crippen LogP contribution in [0.25, 0.3) is 22.4 Å². The highest BCUT2D eigenvalue weighted by Gasteiger charge is 2.14. The zero-order valence-corrected chi connectivity index (χ0v) is 16.5. The zero-order chi connectivity index (χ0) is 21.1. The number of hydrogen-bond donors (Lipinski definition) is 1. The highest BCUT2D eigenvalue weighted by atomic mass is 32.2. The summed E-state index contributed by atoms with van der Waals surface area (Å²) in [7, 11) is 0. The van der Waals surface area contributed by atoms with Crippen LogP contribution in [0.3, 0.4) is 0 Å². The Bertz CT molecular complexity index is 1240. The number of amides is 1. The molecule has 2 aromatic carbocycles. The minimum atomic E-state index is -0.481. The summed E-state index contributed by atoms with van der Waals surface area (Å²) in [6, 6.07) is 15.2. The summed E-state index contributed by atoms with van der Waals surface area (Å²) in [5, 5.41) is 22.6. The first kappa shape index (κ1) is 19.5. The maximum Gasteiger partial charge on any atom is 0.277 e. The van der Waals surface area contributed by atoms with Gasteiger partial charge in [0.05, 0.1) is 21.9 Å².